The van der Waals surface area contributed by atoms with Crippen LogP contribution in [0.4, 0.5) is 10.5 Å². The van der Waals surface area contributed by atoms with E-state index in [1.807, 2.05) is 18.2 Å². The summed E-state index contributed by atoms with van der Waals surface area (Å²) in [6, 6.07) is 9.50. The van der Waals surface area contributed by atoms with Crippen LogP contribution in [-0.2, 0) is 0 Å². The van der Waals surface area contributed by atoms with Crippen LogP contribution >= 0.6 is 11.6 Å². The molecular weight excluding hydrogens is 332 g/mol. The van der Waals surface area contributed by atoms with Crippen LogP contribution in [0.1, 0.15) is 11.8 Å². The van der Waals surface area contributed by atoms with Gasteiger partial charge in [0.15, 0.2) is 0 Å². The fraction of sp³-hybridized carbons (Fsp3) is 0.125. The number of anilines is 1. The molecule has 3 N–H and O–H groups in total. The number of urea groups is 1. The van der Waals surface area contributed by atoms with E-state index in [4.69, 9.17) is 16.0 Å². The van der Waals surface area contributed by atoms with Crippen molar-refractivity contribution in [3.05, 3.63) is 65.8 Å². The van der Waals surface area contributed by atoms with E-state index in [9.17, 15) is 9.90 Å². The number of hydrogen-bond donors (Lipinski definition) is 3. The first kappa shape index (κ1) is 16.1. The molecule has 1 unspecified atom stereocenters. The van der Waals surface area contributed by atoms with Crippen LogP contribution in [0.3, 0.4) is 0 Å². The second-order valence-corrected chi connectivity index (χ2v) is 5.38. The molecule has 8 heteroatoms. The minimum Gasteiger partial charge on any atom is -0.467 e. The second kappa shape index (κ2) is 7.20. The number of carbonyl (C=O) groups is 1. The highest BCUT2D eigenvalue weighted by Crippen LogP contribution is 2.20. The minimum absolute atomic E-state index is 0.278. The third kappa shape index (κ3) is 3.58. The normalized spacial score (nSPS) is 11.9. The maximum absolute atomic E-state index is 12.1. The van der Waals surface area contributed by atoms with Crippen LogP contribution in [-0.4, -0.2) is 27.5 Å². The van der Waals surface area contributed by atoms with Crippen LogP contribution < -0.4 is 10.6 Å². The first-order chi connectivity index (χ1) is 11.7. The number of rotatable bonds is 5. The first-order valence-corrected chi connectivity index (χ1v) is 7.56. The van der Waals surface area contributed by atoms with Gasteiger partial charge < -0.3 is 20.2 Å². The quantitative estimate of drug-likeness (QED) is 0.662. The zero-order valence-electron chi connectivity index (χ0n) is 12.5. The summed E-state index contributed by atoms with van der Waals surface area (Å²) in [6.07, 6.45) is 4.62. The van der Waals surface area contributed by atoms with Crippen molar-refractivity contribution in [2.75, 3.05) is 11.9 Å². The molecule has 0 saturated carbocycles. The molecule has 0 aliphatic carbocycles. The van der Waals surface area contributed by atoms with Gasteiger partial charge in [-0.1, -0.05) is 23.7 Å². The van der Waals surface area contributed by atoms with Gasteiger partial charge in [0.05, 0.1) is 41.7 Å². The van der Waals surface area contributed by atoms with Crippen molar-refractivity contribution in [1.29, 1.82) is 0 Å². The molecule has 0 radical (unpaired) electrons. The topological polar surface area (TPSA) is 92.3 Å². The molecule has 2 aromatic heterocycles. The lowest BCUT2D eigenvalue weighted by Crippen LogP contribution is -2.34. The lowest BCUT2D eigenvalue weighted by Gasteiger charge is -2.13. The molecule has 0 bridgehead atoms. The first-order valence-electron chi connectivity index (χ1n) is 7.18. The molecule has 1 atom stereocenters. The third-order valence-corrected chi connectivity index (χ3v) is 3.63. The summed E-state index contributed by atoms with van der Waals surface area (Å²) >= 11 is 6.12. The second-order valence-electron chi connectivity index (χ2n) is 4.97. The smallest absolute Gasteiger partial charge is 0.320 e. The summed E-state index contributed by atoms with van der Waals surface area (Å²) in [7, 11) is 0. The summed E-state index contributed by atoms with van der Waals surface area (Å²) in [5, 5.41) is 19.4. The standard InChI is InChI=1S/C16H15ClN4O3/c17-12-4-1-2-5-14(12)21-9-11(8-18-21)19-16(23)20-13(10-22)15-6-3-7-24-15/h1-9,13,22H,10H2,(H2,19,20,23). The van der Waals surface area contributed by atoms with Gasteiger partial charge in [0, 0.05) is 0 Å². The van der Waals surface area contributed by atoms with Crippen molar-refractivity contribution in [1.82, 2.24) is 15.1 Å². The lowest BCUT2D eigenvalue weighted by molar-refractivity contribution is 0.215. The van der Waals surface area contributed by atoms with Gasteiger partial charge in [-0.3, -0.25) is 0 Å². The van der Waals surface area contributed by atoms with E-state index in [-0.39, 0.29) is 6.61 Å². The highest BCUT2D eigenvalue weighted by Gasteiger charge is 2.16. The maximum Gasteiger partial charge on any atom is 0.320 e. The predicted octanol–water partition coefficient (Wildman–Crippen LogP) is 2.97. The van der Waals surface area contributed by atoms with E-state index in [0.29, 0.717) is 22.2 Å². The Hall–Kier alpha value is -2.77. The van der Waals surface area contributed by atoms with E-state index in [1.54, 1.807) is 29.1 Å². The Morgan fingerprint density at radius 1 is 1.33 bits per heavy atom. The Morgan fingerprint density at radius 3 is 2.88 bits per heavy atom. The summed E-state index contributed by atoms with van der Waals surface area (Å²) < 4.78 is 6.74. The zero-order chi connectivity index (χ0) is 16.9. The molecule has 7 nitrogen and oxygen atoms in total. The number of para-hydroxylation sites is 1. The Bertz CT molecular complexity index is 816. The monoisotopic (exact) mass is 346 g/mol. The largest absolute Gasteiger partial charge is 0.467 e. The molecule has 3 aromatic rings. The van der Waals surface area contributed by atoms with Crippen molar-refractivity contribution in [3.8, 4) is 5.69 Å². The molecule has 0 aliphatic rings. The number of aliphatic hydroxyl groups excluding tert-OH is 1. The zero-order valence-corrected chi connectivity index (χ0v) is 13.3. The van der Waals surface area contributed by atoms with Crippen LogP contribution in [0.2, 0.25) is 5.02 Å². The third-order valence-electron chi connectivity index (χ3n) is 3.31. The molecule has 1 aromatic carbocycles. The van der Waals surface area contributed by atoms with E-state index >= 15 is 0 Å². The molecule has 0 saturated heterocycles. The molecule has 0 spiro atoms. The van der Waals surface area contributed by atoms with E-state index in [1.165, 1.54) is 12.5 Å². The van der Waals surface area contributed by atoms with Gasteiger partial charge in [0.25, 0.3) is 0 Å². The van der Waals surface area contributed by atoms with Crippen molar-refractivity contribution in [2.45, 2.75) is 6.04 Å². The Balaban J connectivity index is 1.66. The Morgan fingerprint density at radius 2 is 2.17 bits per heavy atom. The highest BCUT2D eigenvalue weighted by atomic mass is 35.5. The average molecular weight is 347 g/mol. The minimum atomic E-state index is -0.626. The fourth-order valence-electron chi connectivity index (χ4n) is 2.18. The van der Waals surface area contributed by atoms with Gasteiger partial charge in [-0.15, -0.1) is 0 Å². The van der Waals surface area contributed by atoms with Crippen LogP contribution in [0, 0.1) is 0 Å². The number of aliphatic hydroxyl groups is 1. The van der Waals surface area contributed by atoms with E-state index in [0.717, 1.165) is 0 Å². The lowest BCUT2D eigenvalue weighted by atomic mass is 10.2. The van der Waals surface area contributed by atoms with Gasteiger partial charge in [-0.05, 0) is 24.3 Å². The van der Waals surface area contributed by atoms with Gasteiger partial charge in [0.1, 0.15) is 11.8 Å². The van der Waals surface area contributed by atoms with Crippen molar-refractivity contribution in [3.63, 3.8) is 0 Å². The van der Waals surface area contributed by atoms with Crippen LogP contribution in [0.25, 0.3) is 5.69 Å². The SMILES string of the molecule is O=C(Nc1cnn(-c2ccccc2Cl)c1)NC(CO)c1ccco1. The number of nitrogens with one attached hydrogen (secondary N) is 2. The van der Waals surface area contributed by atoms with Crippen molar-refractivity contribution < 1.29 is 14.3 Å². The molecule has 2 amide bonds. The number of hydrogen-bond acceptors (Lipinski definition) is 4. The van der Waals surface area contributed by atoms with Gasteiger partial charge in [-0.2, -0.15) is 5.10 Å². The average Bonchev–Trinajstić information content (AvgIpc) is 3.25. The highest BCUT2D eigenvalue weighted by molar-refractivity contribution is 6.32. The maximum atomic E-state index is 12.1. The fourth-order valence-corrected chi connectivity index (χ4v) is 2.40. The number of nitrogens with zero attached hydrogens (tertiary/aromatic N) is 2. The molecule has 124 valence electrons. The van der Waals surface area contributed by atoms with Crippen molar-refractivity contribution in [2.24, 2.45) is 0 Å². The summed E-state index contributed by atoms with van der Waals surface area (Å²) in [5.74, 6) is 0.472. The molecule has 0 aliphatic heterocycles. The van der Waals surface area contributed by atoms with Crippen LogP contribution in [0.5, 0.6) is 0 Å². The predicted molar refractivity (Wildman–Crippen MR) is 89.3 cm³/mol. The van der Waals surface area contributed by atoms with Gasteiger partial charge in [-0.25, -0.2) is 9.48 Å². The number of benzene rings is 1. The molecule has 3 rings (SSSR count). The Labute approximate surface area is 142 Å². The Kier molecular flexibility index (Phi) is 4.83. The summed E-state index contributed by atoms with van der Waals surface area (Å²) in [5.41, 5.74) is 1.19. The van der Waals surface area contributed by atoms with Crippen molar-refractivity contribution >= 4 is 23.3 Å². The summed E-state index contributed by atoms with van der Waals surface area (Å²) in [4.78, 5) is 12.1. The summed E-state index contributed by atoms with van der Waals surface area (Å²) in [6.45, 7) is -0.278. The van der Waals surface area contributed by atoms with Gasteiger partial charge >= 0.3 is 6.03 Å². The molecular formula is C16H15ClN4O3. The van der Waals surface area contributed by atoms with Crippen LogP contribution in [0.15, 0.2) is 59.5 Å². The van der Waals surface area contributed by atoms with E-state index in [2.05, 4.69) is 15.7 Å². The number of halogens is 1. The molecule has 2 heterocycles. The number of aromatic nitrogens is 2. The number of carbonyl (C=O) groups excluding carboxylic acids is 1. The molecule has 24 heavy (non-hydrogen) atoms. The number of furan rings is 1. The number of amides is 2. The van der Waals surface area contributed by atoms with Gasteiger partial charge in [0.2, 0.25) is 0 Å². The van der Waals surface area contributed by atoms with E-state index < -0.39 is 12.1 Å². The molecule has 0 fully saturated rings.